The zero-order chi connectivity index (χ0) is 21.5. The maximum absolute atomic E-state index is 12.8. The number of aryl methyl sites for hydroxylation is 1. The molecule has 10 nitrogen and oxygen atoms in total. The maximum Gasteiger partial charge on any atom is 0.266 e. The fourth-order valence-corrected chi connectivity index (χ4v) is 4.14. The van der Waals surface area contributed by atoms with Crippen LogP contribution < -0.4 is 16.0 Å². The molecule has 1 fully saturated rings. The number of pyridine rings is 1. The van der Waals surface area contributed by atoms with Gasteiger partial charge in [-0.15, -0.1) is 0 Å². The highest BCUT2D eigenvalue weighted by molar-refractivity contribution is 5.74. The molecule has 0 aliphatic carbocycles. The quantitative estimate of drug-likeness (QED) is 0.486. The van der Waals surface area contributed by atoms with E-state index in [0.29, 0.717) is 29.2 Å². The van der Waals surface area contributed by atoms with Crippen molar-refractivity contribution in [2.24, 2.45) is 14.1 Å². The molecule has 4 aromatic heterocycles. The zero-order valence-electron chi connectivity index (χ0n) is 17.3. The van der Waals surface area contributed by atoms with Gasteiger partial charge in [-0.3, -0.25) is 23.8 Å². The normalized spacial score (nSPS) is 16.3. The average molecular weight is 418 g/mol. The molecule has 1 atom stereocenters. The summed E-state index contributed by atoms with van der Waals surface area (Å²) in [6.45, 7) is 1.16. The minimum Gasteiger partial charge on any atom is -0.337 e. The summed E-state index contributed by atoms with van der Waals surface area (Å²) >= 11 is 0. The fraction of sp³-hybridized carbons (Fsp3) is 0.333. The summed E-state index contributed by atoms with van der Waals surface area (Å²) < 4.78 is 4.64. The highest BCUT2D eigenvalue weighted by Gasteiger charge is 2.29. The fourth-order valence-electron chi connectivity index (χ4n) is 4.14. The van der Waals surface area contributed by atoms with E-state index >= 15 is 0 Å². The number of rotatable bonds is 4. The summed E-state index contributed by atoms with van der Waals surface area (Å²) in [7, 11) is 3.49. The van der Waals surface area contributed by atoms with Gasteiger partial charge in [0, 0.05) is 50.9 Å². The van der Waals surface area contributed by atoms with Crippen molar-refractivity contribution in [2.75, 3.05) is 11.4 Å². The summed E-state index contributed by atoms with van der Waals surface area (Å²) in [4.78, 5) is 36.2. The first-order valence-electron chi connectivity index (χ1n) is 10.2. The van der Waals surface area contributed by atoms with Gasteiger partial charge in [-0.25, -0.2) is 4.68 Å². The van der Waals surface area contributed by atoms with Crippen LogP contribution in [0.25, 0.3) is 22.3 Å². The number of hydrogen-bond acceptors (Lipinski definition) is 7. The second-order valence-electron chi connectivity index (χ2n) is 7.79. The molecular weight excluding hydrogens is 396 g/mol. The van der Waals surface area contributed by atoms with Crippen LogP contribution in [0.4, 0.5) is 5.95 Å². The van der Waals surface area contributed by atoms with Crippen molar-refractivity contribution in [2.45, 2.75) is 25.4 Å². The summed E-state index contributed by atoms with van der Waals surface area (Å²) in [5, 5.41) is 9.36. The zero-order valence-corrected chi connectivity index (χ0v) is 17.3. The third kappa shape index (κ3) is 3.39. The van der Waals surface area contributed by atoms with Crippen LogP contribution in [0.1, 0.15) is 12.8 Å². The van der Waals surface area contributed by atoms with Crippen LogP contribution in [0.5, 0.6) is 0 Å². The molecule has 4 aromatic rings. The Balaban J connectivity index is 1.50. The lowest BCUT2D eigenvalue weighted by molar-refractivity contribution is 0.483. The Morgan fingerprint density at radius 1 is 1.13 bits per heavy atom. The summed E-state index contributed by atoms with van der Waals surface area (Å²) in [5.41, 5.74) is 1.68. The number of fused-ring (bicyclic) bond motifs is 1. The predicted molar refractivity (Wildman–Crippen MR) is 116 cm³/mol. The second-order valence-corrected chi connectivity index (χ2v) is 7.79. The Kier molecular flexibility index (Phi) is 4.61. The van der Waals surface area contributed by atoms with Crippen LogP contribution >= 0.6 is 0 Å². The second kappa shape index (κ2) is 7.46. The van der Waals surface area contributed by atoms with Gasteiger partial charge in [0.05, 0.1) is 18.3 Å². The smallest absolute Gasteiger partial charge is 0.266 e. The molecule has 0 aromatic carbocycles. The van der Waals surface area contributed by atoms with Crippen molar-refractivity contribution in [3.05, 3.63) is 63.6 Å². The topological polar surface area (TPSA) is 104 Å². The highest BCUT2D eigenvalue weighted by atomic mass is 16.1. The maximum atomic E-state index is 12.8. The van der Waals surface area contributed by atoms with E-state index < -0.39 is 0 Å². The molecule has 0 bridgehead atoms. The van der Waals surface area contributed by atoms with Gasteiger partial charge in [0.1, 0.15) is 5.39 Å². The van der Waals surface area contributed by atoms with E-state index in [2.05, 4.69) is 25.1 Å². The molecule has 5 heterocycles. The summed E-state index contributed by atoms with van der Waals surface area (Å²) in [5.74, 6) is 0.565. The Morgan fingerprint density at radius 3 is 2.81 bits per heavy atom. The van der Waals surface area contributed by atoms with Crippen LogP contribution in [0, 0.1) is 0 Å². The molecule has 5 rings (SSSR count). The van der Waals surface area contributed by atoms with Crippen molar-refractivity contribution in [3.63, 3.8) is 0 Å². The average Bonchev–Trinajstić information content (AvgIpc) is 3.39. The minimum atomic E-state index is -0.165. The van der Waals surface area contributed by atoms with E-state index in [1.165, 1.54) is 10.7 Å². The Labute approximate surface area is 177 Å². The third-order valence-electron chi connectivity index (χ3n) is 5.69. The Morgan fingerprint density at radius 2 is 2.00 bits per heavy atom. The molecule has 31 heavy (non-hydrogen) atoms. The molecule has 158 valence electrons. The van der Waals surface area contributed by atoms with Gasteiger partial charge in [-0.05, 0) is 31.0 Å². The van der Waals surface area contributed by atoms with E-state index in [4.69, 9.17) is 0 Å². The molecule has 0 spiro atoms. The largest absolute Gasteiger partial charge is 0.337 e. The van der Waals surface area contributed by atoms with Crippen molar-refractivity contribution >= 4 is 17.0 Å². The number of hydrogen-bond donors (Lipinski definition) is 0. The molecule has 0 amide bonds. The van der Waals surface area contributed by atoms with E-state index in [-0.39, 0.29) is 17.2 Å². The van der Waals surface area contributed by atoms with Gasteiger partial charge < -0.3 is 4.90 Å². The number of aromatic nitrogens is 7. The molecule has 10 heteroatoms. The van der Waals surface area contributed by atoms with Crippen molar-refractivity contribution in [1.29, 1.82) is 0 Å². The minimum absolute atomic E-state index is 0.00592. The lowest BCUT2D eigenvalue weighted by Crippen LogP contribution is -2.40. The first-order valence-corrected chi connectivity index (χ1v) is 10.2. The molecule has 0 N–H and O–H groups in total. The lowest BCUT2D eigenvalue weighted by Gasteiger charge is -2.27. The van der Waals surface area contributed by atoms with Gasteiger partial charge in [-0.2, -0.15) is 15.2 Å². The molecule has 1 aliphatic rings. The van der Waals surface area contributed by atoms with Crippen molar-refractivity contribution in [3.8, 4) is 11.3 Å². The van der Waals surface area contributed by atoms with Crippen LogP contribution in [0.3, 0.4) is 0 Å². The molecule has 1 unspecified atom stereocenters. The highest BCUT2D eigenvalue weighted by Crippen LogP contribution is 2.25. The first kappa shape index (κ1) is 19.2. The van der Waals surface area contributed by atoms with Crippen LogP contribution in [-0.4, -0.2) is 46.7 Å². The standard InChI is InChI=1S/C21H22N8O2/c1-26-13-16-19(25-26)23-21(27(2)20(16)31)28-10-4-6-15(28)12-29-18(30)8-7-17(24-29)14-5-3-9-22-11-14/h3,5,7-9,11,13,15H,4,6,10,12H2,1-2H3. The van der Waals surface area contributed by atoms with Crippen LogP contribution in [0.2, 0.25) is 0 Å². The monoisotopic (exact) mass is 418 g/mol. The van der Waals surface area contributed by atoms with E-state index in [0.717, 1.165) is 24.9 Å². The predicted octanol–water partition coefficient (Wildman–Crippen LogP) is 0.955. The van der Waals surface area contributed by atoms with E-state index in [1.807, 2.05) is 12.1 Å². The Bertz CT molecular complexity index is 1370. The van der Waals surface area contributed by atoms with Gasteiger partial charge >= 0.3 is 0 Å². The van der Waals surface area contributed by atoms with Gasteiger partial charge in [0.25, 0.3) is 11.1 Å². The summed E-state index contributed by atoms with van der Waals surface area (Å²) in [6, 6.07) is 6.98. The van der Waals surface area contributed by atoms with E-state index in [1.54, 1.807) is 48.0 Å². The van der Waals surface area contributed by atoms with Crippen LogP contribution in [0.15, 0.2) is 52.4 Å². The van der Waals surface area contributed by atoms with Gasteiger partial charge in [-0.1, -0.05) is 0 Å². The lowest BCUT2D eigenvalue weighted by atomic mass is 10.2. The van der Waals surface area contributed by atoms with Crippen molar-refractivity contribution in [1.82, 2.24) is 34.1 Å². The molecule has 1 aliphatic heterocycles. The van der Waals surface area contributed by atoms with E-state index in [9.17, 15) is 9.59 Å². The summed E-state index contributed by atoms with van der Waals surface area (Å²) in [6.07, 6.45) is 6.93. The first-order chi connectivity index (χ1) is 15.0. The molecule has 0 radical (unpaired) electrons. The van der Waals surface area contributed by atoms with Crippen LogP contribution in [-0.2, 0) is 20.6 Å². The molecule has 0 saturated carbocycles. The van der Waals surface area contributed by atoms with Gasteiger partial charge in [0.15, 0.2) is 5.65 Å². The third-order valence-corrected chi connectivity index (χ3v) is 5.69. The molecule has 1 saturated heterocycles. The SMILES string of the molecule is Cn1cc2c(=O)n(C)c(N3CCCC3Cn3nc(-c4cccnc4)ccc3=O)nc2n1. The molecular formula is C21H22N8O2. The number of anilines is 1. The Hall–Kier alpha value is -3.82. The van der Waals surface area contributed by atoms with Crippen molar-refractivity contribution < 1.29 is 0 Å². The van der Waals surface area contributed by atoms with Gasteiger partial charge in [0.2, 0.25) is 5.95 Å². The number of nitrogens with zero attached hydrogens (tertiary/aromatic N) is 8.